The minimum absolute atomic E-state index is 0.436. The van der Waals surface area contributed by atoms with Gasteiger partial charge in [-0.1, -0.05) is 13.8 Å². The van der Waals surface area contributed by atoms with Crippen LogP contribution in [-0.2, 0) is 0 Å². The van der Waals surface area contributed by atoms with Gasteiger partial charge in [-0.3, -0.25) is 0 Å². The van der Waals surface area contributed by atoms with Gasteiger partial charge in [0.1, 0.15) is 0 Å². The van der Waals surface area contributed by atoms with Crippen molar-refractivity contribution < 1.29 is 0 Å². The standard InChI is InChI=1S/C12H14BrN3/c1-8(2)11-4-5-16(15-11)12-10(13)6-9(3)7-14-12/h4-8H,1-3H3. The molecule has 0 spiro atoms. The zero-order valence-electron chi connectivity index (χ0n) is 9.61. The molecule has 84 valence electrons. The largest absolute Gasteiger partial charge is 0.236 e. The van der Waals surface area contributed by atoms with Gasteiger partial charge in [-0.15, -0.1) is 0 Å². The first-order chi connectivity index (χ1) is 7.58. The van der Waals surface area contributed by atoms with Crippen molar-refractivity contribution in [1.29, 1.82) is 0 Å². The zero-order chi connectivity index (χ0) is 11.7. The Balaban J connectivity index is 2.42. The Bertz CT molecular complexity index is 503. The lowest BCUT2D eigenvalue weighted by molar-refractivity contribution is 0.755. The van der Waals surface area contributed by atoms with Gasteiger partial charge in [0.15, 0.2) is 5.82 Å². The summed E-state index contributed by atoms with van der Waals surface area (Å²) in [4.78, 5) is 4.37. The molecule has 0 saturated heterocycles. The van der Waals surface area contributed by atoms with Crippen LogP contribution >= 0.6 is 15.9 Å². The van der Waals surface area contributed by atoms with Crippen LogP contribution in [0.5, 0.6) is 0 Å². The van der Waals surface area contributed by atoms with Crippen LogP contribution in [0.4, 0.5) is 0 Å². The fourth-order valence-corrected chi connectivity index (χ4v) is 2.10. The second-order valence-electron chi connectivity index (χ2n) is 4.16. The summed E-state index contributed by atoms with van der Waals surface area (Å²) in [6, 6.07) is 4.07. The van der Waals surface area contributed by atoms with Gasteiger partial charge in [-0.25, -0.2) is 9.67 Å². The van der Waals surface area contributed by atoms with E-state index in [2.05, 4.69) is 39.9 Å². The molecule has 0 aliphatic carbocycles. The summed E-state index contributed by atoms with van der Waals surface area (Å²) in [7, 11) is 0. The normalized spacial score (nSPS) is 11.1. The predicted molar refractivity (Wildman–Crippen MR) is 67.9 cm³/mol. The van der Waals surface area contributed by atoms with Crippen LogP contribution in [0.3, 0.4) is 0 Å². The number of aryl methyl sites for hydroxylation is 1. The van der Waals surface area contributed by atoms with Crippen LogP contribution in [0, 0.1) is 6.92 Å². The van der Waals surface area contributed by atoms with E-state index in [1.807, 2.05) is 31.5 Å². The molecule has 0 aliphatic rings. The molecule has 0 N–H and O–H groups in total. The fraction of sp³-hybridized carbons (Fsp3) is 0.333. The summed E-state index contributed by atoms with van der Waals surface area (Å²) in [5, 5.41) is 4.49. The molecular formula is C12H14BrN3. The van der Waals surface area contributed by atoms with Gasteiger partial charge in [0.05, 0.1) is 10.2 Å². The van der Waals surface area contributed by atoms with Crippen LogP contribution < -0.4 is 0 Å². The summed E-state index contributed by atoms with van der Waals surface area (Å²) in [6.45, 7) is 6.28. The quantitative estimate of drug-likeness (QED) is 0.843. The third kappa shape index (κ3) is 2.16. The Morgan fingerprint density at radius 3 is 2.69 bits per heavy atom. The molecule has 2 rings (SSSR count). The lowest BCUT2D eigenvalue weighted by Gasteiger charge is -2.04. The fourth-order valence-electron chi connectivity index (χ4n) is 1.46. The van der Waals surface area contributed by atoms with Gasteiger partial charge in [0.2, 0.25) is 0 Å². The SMILES string of the molecule is Cc1cnc(-n2ccc(C(C)C)n2)c(Br)c1. The smallest absolute Gasteiger partial charge is 0.167 e. The minimum atomic E-state index is 0.436. The zero-order valence-corrected chi connectivity index (χ0v) is 11.2. The molecule has 2 aromatic heterocycles. The van der Waals surface area contributed by atoms with Gasteiger partial charge in [0, 0.05) is 12.4 Å². The highest BCUT2D eigenvalue weighted by atomic mass is 79.9. The van der Waals surface area contributed by atoms with Crippen molar-refractivity contribution >= 4 is 15.9 Å². The van der Waals surface area contributed by atoms with Crippen molar-refractivity contribution in [1.82, 2.24) is 14.8 Å². The first-order valence-electron chi connectivity index (χ1n) is 5.26. The molecule has 0 aliphatic heterocycles. The van der Waals surface area contributed by atoms with Gasteiger partial charge >= 0.3 is 0 Å². The second-order valence-corrected chi connectivity index (χ2v) is 5.01. The minimum Gasteiger partial charge on any atom is -0.236 e. The number of rotatable bonds is 2. The van der Waals surface area contributed by atoms with E-state index in [1.54, 1.807) is 4.68 Å². The van der Waals surface area contributed by atoms with E-state index < -0.39 is 0 Å². The lowest BCUT2D eigenvalue weighted by atomic mass is 10.1. The second kappa shape index (κ2) is 4.37. The Morgan fingerprint density at radius 2 is 2.12 bits per heavy atom. The van der Waals surface area contributed by atoms with Crippen molar-refractivity contribution in [3.05, 3.63) is 40.3 Å². The van der Waals surface area contributed by atoms with E-state index in [0.29, 0.717) is 5.92 Å². The van der Waals surface area contributed by atoms with Gasteiger partial charge in [-0.2, -0.15) is 5.10 Å². The average molecular weight is 280 g/mol. The molecule has 16 heavy (non-hydrogen) atoms. The van der Waals surface area contributed by atoms with Crippen LogP contribution in [0.25, 0.3) is 5.82 Å². The molecule has 0 aromatic carbocycles. The maximum atomic E-state index is 4.49. The molecule has 3 nitrogen and oxygen atoms in total. The van der Waals surface area contributed by atoms with E-state index in [4.69, 9.17) is 0 Å². The first-order valence-corrected chi connectivity index (χ1v) is 6.05. The molecule has 0 unspecified atom stereocenters. The van der Waals surface area contributed by atoms with Gasteiger partial charge in [-0.05, 0) is 46.5 Å². The third-order valence-corrected chi connectivity index (χ3v) is 2.96. The average Bonchev–Trinajstić information content (AvgIpc) is 2.66. The van der Waals surface area contributed by atoms with Crippen molar-refractivity contribution in [3.8, 4) is 5.82 Å². The molecule has 0 fully saturated rings. The van der Waals surface area contributed by atoms with E-state index in [0.717, 1.165) is 21.5 Å². The lowest BCUT2D eigenvalue weighted by Crippen LogP contribution is -2.01. The Labute approximate surface area is 104 Å². The Kier molecular flexibility index (Phi) is 3.10. The summed E-state index contributed by atoms with van der Waals surface area (Å²) in [5.74, 6) is 1.27. The van der Waals surface area contributed by atoms with Crippen LogP contribution in [0.2, 0.25) is 0 Å². The molecule has 0 radical (unpaired) electrons. The van der Waals surface area contributed by atoms with E-state index in [-0.39, 0.29) is 0 Å². The maximum absolute atomic E-state index is 4.49. The maximum Gasteiger partial charge on any atom is 0.167 e. The molecule has 0 bridgehead atoms. The Morgan fingerprint density at radius 1 is 1.38 bits per heavy atom. The molecule has 2 aromatic rings. The topological polar surface area (TPSA) is 30.7 Å². The van der Waals surface area contributed by atoms with E-state index >= 15 is 0 Å². The predicted octanol–water partition coefficient (Wildman–Crippen LogP) is 3.46. The number of hydrogen-bond acceptors (Lipinski definition) is 2. The van der Waals surface area contributed by atoms with Crippen LogP contribution in [-0.4, -0.2) is 14.8 Å². The van der Waals surface area contributed by atoms with Crippen molar-refractivity contribution in [2.24, 2.45) is 0 Å². The van der Waals surface area contributed by atoms with Crippen molar-refractivity contribution in [2.75, 3.05) is 0 Å². The molecular weight excluding hydrogens is 266 g/mol. The van der Waals surface area contributed by atoms with Crippen LogP contribution in [0.1, 0.15) is 31.0 Å². The summed E-state index contributed by atoms with van der Waals surface area (Å²) in [5.41, 5.74) is 2.21. The number of hydrogen-bond donors (Lipinski definition) is 0. The van der Waals surface area contributed by atoms with Gasteiger partial charge in [0.25, 0.3) is 0 Å². The molecule has 0 atom stereocenters. The van der Waals surface area contributed by atoms with Crippen molar-refractivity contribution in [3.63, 3.8) is 0 Å². The number of nitrogens with zero attached hydrogens (tertiary/aromatic N) is 3. The highest BCUT2D eigenvalue weighted by Gasteiger charge is 2.08. The molecule has 0 saturated carbocycles. The highest BCUT2D eigenvalue weighted by Crippen LogP contribution is 2.20. The van der Waals surface area contributed by atoms with Crippen molar-refractivity contribution in [2.45, 2.75) is 26.7 Å². The third-order valence-electron chi connectivity index (χ3n) is 2.38. The number of aromatic nitrogens is 3. The van der Waals surface area contributed by atoms with E-state index in [9.17, 15) is 0 Å². The number of pyridine rings is 1. The summed E-state index contributed by atoms with van der Waals surface area (Å²) in [6.07, 6.45) is 3.79. The molecule has 0 amide bonds. The Hall–Kier alpha value is -1.16. The molecule has 2 heterocycles. The van der Waals surface area contributed by atoms with Crippen LogP contribution in [0.15, 0.2) is 29.0 Å². The highest BCUT2D eigenvalue weighted by molar-refractivity contribution is 9.10. The molecule has 4 heteroatoms. The van der Waals surface area contributed by atoms with Gasteiger partial charge < -0.3 is 0 Å². The first kappa shape index (κ1) is 11.3. The number of halogens is 1. The summed E-state index contributed by atoms with van der Waals surface area (Å²) >= 11 is 3.51. The monoisotopic (exact) mass is 279 g/mol. The van der Waals surface area contributed by atoms with E-state index in [1.165, 1.54) is 0 Å². The summed E-state index contributed by atoms with van der Waals surface area (Å²) < 4.78 is 2.77.